The third-order valence-corrected chi connectivity index (χ3v) is 5.17. The highest BCUT2D eigenvalue weighted by Crippen LogP contribution is 2.48. The predicted octanol–water partition coefficient (Wildman–Crippen LogP) is 5.46. The smallest absolute Gasteiger partial charge is 0.174 e. The summed E-state index contributed by atoms with van der Waals surface area (Å²) in [7, 11) is 0. The third kappa shape index (κ3) is 3.11. The van der Waals surface area contributed by atoms with Crippen molar-refractivity contribution in [2.75, 3.05) is 0 Å². The summed E-state index contributed by atoms with van der Waals surface area (Å²) >= 11 is 0. The predicted molar refractivity (Wildman–Crippen MR) is 104 cm³/mol. The monoisotopic (exact) mass is 374 g/mol. The first kappa shape index (κ1) is 18.1. The fourth-order valence-corrected chi connectivity index (χ4v) is 3.80. The number of Topliss-reactive ketones (excluding diaryl/α,β-unsaturated/α-hetero) is 2. The van der Waals surface area contributed by atoms with Gasteiger partial charge in [-0.3, -0.25) is 9.59 Å². The van der Waals surface area contributed by atoms with Crippen LogP contribution in [0.15, 0.2) is 66.7 Å². The summed E-state index contributed by atoms with van der Waals surface area (Å²) in [5, 5.41) is 0. The maximum absolute atomic E-state index is 14.1. The second-order valence-electron chi connectivity index (χ2n) is 7.12. The van der Waals surface area contributed by atoms with Gasteiger partial charge in [0, 0.05) is 22.6 Å². The Labute approximate surface area is 162 Å². The van der Waals surface area contributed by atoms with E-state index >= 15 is 0 Å². The van der Waals surface area contributed by atoms with Gasteiger partial charge >= 0.3 is 0 Å². The van der Waals surface area contributed by atoms with Gasteiger partial charge in [0.2, 0.25) is 0 Å². The Bertz CT molecular complexity index is 1070. The van der Waals surface area contributed by atoms with Crippen LogP contribution >= 0.6 is 0 Å². The molecule has 0 saturated carbocycles. The van der Waals surface area contributed by atoms with Gasteiger partial charge in [-0.05, 0) is 38.1 Å². The number of benzene rings is 3. The molecule has 28 heavy (non-hydrogen) atoms. The summed E-state index contributed by atoms with van der Waals surface area (Å²) in [6, 6.07) is 18.6. The number of aryl methyl sites for hydroxylation is 1. The van der Waals surface area contributed by atoms with Gasteiger partial charge in [0.05, 0.1) is 5.92 Å². The zero-order valence-corrected chi connectivity index (χ0v) is 15.6. The number of para-hydroxylation sites is 1. The molecule has 4 rings (SSSR count). The van der Waals surface area contributed by atoms with E-state index in [0.29, 0.717) is 28.2 Å². The van der Waals surface area contributed by atoms with Crippen LogP contribution in [0.4, 0.5) is 4.39 Å². The molecule has 4 heteroatoms. The van der Waals surface area contributed by atoms with E-state index in [9.17, 15) is 14.0 Å². The highest BCUT2D eigenvalue weighted by molar-refractivity contribution is 6.11. The van der Waals surface area contributed by atoms with Crippen molar-refractivity contribution in [2.24, 2.45) is 5.92 Å². The second kappa shape index (κ2) is 7.04. The number of carbonyl (C=O) groups excluding carboxylic acids is 2. The minimum Gasteiger partial charge on any atom is -0.457 e. The maximum atomic E-state index is 14.1. The average molecular weight is 374 g/mol. The highest BCUT2D eigenvalue weighted by atomic mass is 19.1. The maximum Gasteiger partial charge on any atom is 0.174 e. The molecule has 0 aromatic heterocycles. The van der Waals surface area contributed by atoms with E-state index in [4.69, 9.17) is 4.74 Å². The highest BCUT2D eigenvalue weighted by Gasteiger charge is 2.40. The van der Waals surface area contributed by atoms with Gasteiger partial charge in [0.25, 0.3) is 0 Å². The SMILES string of the molecule is CC(=O)[C@H](C(=O)c1ccc(C)cc1)[C@@H]1c2ccccc2Oc2ccc(F)cc21. The Kier molecular flexibility index (Phi) is 4.55. The number of ether oxygens (including phenoxy) is 1. The van der Waals surface area contributed by atoms with Crippen LogP contribution in [0, 0.1) is 18.7 Å². The van der Waals surface area contributed by atoms with Crippen LogP contribution in [0.1, 0.15) is 39.9 Å². The van der Waals surface area contributed by atoms with Crippen LogP contribution in [0.2, 0.25) is 0 Å². The van der Waals surface area contributed by atoms with Crippen LogP contribution in [0.5, 0.6) is 11.5 Å². The molecule has 0 radical (unpaired) electrons. The summed E-state index contributed by atoms with van der Waals surface area (Å²) in [5.74, 6) is -1.50. The van der Waals surface area contributed by atoms with Crippen molar-refractivity contribution < 1.29 is 18.7 Å². The molecule has 3 aromatic rings. The van der Waals surface area contributed by atoms with E-state index in [1.54, 1.807) is 24.3 Å². The molecule has 0 aliphatic carbocycles. The molecule has 0 fully saturated rings. The molecule has 0 spiro atoms. The normalized spacial score (nSPS) is 15.8. The minimum atomic E-state index is -0.965. The Morgan fingerprint density at radius 1 is 0.929 bits per heavy atom. The number of hydrogen-bond donors (Lipinski definition) is 0. The molecule has 2 atom stereocenters. The average Bonchev–Trinajstić information content (AvgIpc) is 2.68. The lowest BCUT2D eigenvalue weighted by atomic mass is 9.74. The third-order valence-electron chi connectivity index (χ3n) is 5.17. The second-order valence-corrected chi connectivity index (χ2v) is 7.12. The molecule has 140 valence electrons. The minimum absolute atomic E-state index is 0.262. The van der Waals surface area contributed by atoms with Crippen LogP contribution in [-0.4, -0.2) is 11.6 Å². The largest absolute Gasteiger partial charge is 0.457 e. The van der Waals surface area contributed by atoms with E-state index in [2.05, 4.69) is 0 Å². The van der Waals surface area contributed by atoms with Gasteiger partial charge in [0.15, 0.2) is 5.78 Å². The Morgan fingerprint density at radius 3 is 2.32 bits per heavy atom. The molecular weight excluding hydrogens is 355 g/mol. The van der Waals surface area contributed by atoms with Crippen LogP contribution in [0.3, 0.4) is 0 Å². The Hall–Kier alpha value is -3.27. The molecule has 1 aliphatic heterocycles. The lowest BCUT2D eigenvalue weighted by molar-refractivity contribution is -0.119. The van der Waals surface area contributed by atoms with Crippen molar-refractivity contribution in [3.63, 3.8) is 0 Å². The number of rotatable bonds is 4. The zero-order valence-electron chi connectivity index (χ0n) is 15.6. The van der Waals surface area contributed by atoms with Crippen molar-refractivity contribution in [3.05, 3.63) is 94.8 Å². The summed E-state index contributed by atoms with van der Waals surface area (Å²) in [5.41, 5.74) is 2.72. The molecule has 0 bridgehead atoms. The van der Waals surface area contributed by atoms with Crippen molar-refractivity contribution in [2.45, 2.75) is 19.8 Å². The molecule has 3 aromatic carbocycles. The standard InChI is InChI=1S/C24H19FO3/c1-14-7-9-16(10-8-14)24(27)22(15(2)26)23-18-5-3-4-6-20(18)28-21-12-11-17(25)13-19(21)23/h3-13,22-23H,1-2H3/t22-,23+/m0/s1. The molecule has 3 nitrogen and oxygen atoms in total. The van der Waals surface area contributed by atoms with Crippen molar-refractivity contribution in [1.29, 1.82) is 0 Å². The van der Waals surface area contributed by atoms with Crippen molar-refractivity contribution >= 4 is 11.6 Å². The number of ketones is 2. The summed E-state index contributed by atoms with van der Waals surface area (Å²) in [6.45, 7) is 3.35. The van der Waals surface area contributed by atoms with Crippen molar-refractivity contribution in [3.8, 4) is 11.5 Å². The lowest BCUT2D eigenvalue weighted by Crippen LogP contribution is -2.31. The first-order chi connectivity index (χ1) is 13.5. The Balaban J connectivity index is 1.89. The molecule has 0 saturated heterocycles. The molecule has 0 amide bonds. The van der Waals surface area contributed by atoms with Gasteiger partial charge in [0.1, 0.15) is 23.1 Å². The number of fused-ring (bicyclic) bond motifs is 2. The van der Waals surface area contributed by atoms with E-state index in [1.807, 2.05) is 37.3 Å². The fourth-order valence-electron chi connectivity index (χ4n) is 3.80. The molecule has 0 N–H and O–H groups in total. The van der Waals surface area contributed by atoms with Gasteiger partial charge < -0.3 is 4.74 Å². The van der Waals surface area contributed by atoms with Crippen LogP contribution < -0.4 is 4.74 Å². The zero-order chi connectivity index (χ0) is 19.8. The topological polar surface area (TPSA) is 43.4 Å². The first-order valence-electron chi connectivity index (χ1n) is 9.13. The number of halogens is 1. The van der Waals surface area contributed by atoms with Gasteiger partial charge in [-0.2, -0.15) is 0 Å². The molecule has 1 heterocycles. The number of carbonyl (C=O) groups is 2. The van der Waals surface area contributed by atoms with Gasteiger partial charge in [-0.1, -0.05) is 48.0 Å². The quantitative estimate of drug-likeness (QED) is 0.450. The lowest BCUT2D eigenvalue weighted by Gasteiger charge is -2.32. The molecular formula is C24H19FO3. The summed E-state index contributed by atoms with van der Waals surface area (Å²) in [6.07, 6.45) is 0. The first-order valence-corrected chi connectivity index (χ1v) is 9.13. The van der Waals surface area contributed by atoms with Crippen LogP contribution in [0.25, 0.3) is 0 Å². The van der Waals surface area contributed by atoms with E-state index in [1.165, 1.54) is 19.1 Å². The fraction of sp³-hybridized carbons (Fsp3) is 0.167. The van der Waals surface area contributed by atoms with Gasteiger partial charge in [-0.25, -0.2) is 4.39 Å². The summed E-state index contributed by atoms with van der Waals surface area (Å²) < 4.78 is 20.0. The van der Waals surface area contributed by atoms with E-state index < -0.39 is 17.7 Å². The summed E-state index contributed by atoms with van der Waals surface area (Å²) in [4.78, 5) is 26.0. The van der Waals surface area contributed by atoms with Crippen LogP contribution in [-0.2, 0) is 4.79 Å². The molecule has 1 aliphatic rings. The van der Waals surface area contributed by atoms with E-state index in [0.717, 1.165) is 5.56 Å². The number of hydrogen-bond acceptors (Lipinski definition) is 3. The molecule has 0 unspecified atom stereocenters. The van der Waals surface area contributed by atoms with Crippen molar-refractivity contribution in [1.82, 2.24) is 0 Å². The van der Waals surface area contributed by atoms with Gasteiger partial charge in [-0.15, -0.1) is 0 Å². The van der Waals surface area contributed by atoms with E-state index in [-0.39, 0.29) is 11.6 Å². The Morgan fingerprint density at radius 2 is 1.61 bits per heavy atom.